The molecule has 0 aromatic carbocycles. The summed E-state index contributed by atoms with van der Waals surface area (Å²) in [4.78, 5) is 17.7. The molecule has 21 heavy (non-hydrogen) atoms. The highest BCUT2D eigenvalue weighted by Gasteiger charge is 2.46. The standard InChI is InChI=1S/C17H31NO3/c1-7-8-9-10-11-13(2)20-15(19)17(6)12-14(18-21-17)16(3,4)5/h13H,7-12H2,1-6H3. The lowest BCUT2D eigenvalue weighted by molar-refractivity contribution is -0.172. The fourth-order valence-corrected chi connectivity index (χ4v) is 2.28. The topological polar surface area (TPSA) is 47.9 Å². The fraction of sp³-hybridized carbons (Fsp3) is 0.882. The molecule has 1 aliphatic heterocycles. The Morgan fingerprint density at radius 3 is 2.57 bits per heavy atom. The molecule has 0 saturated carbocycles. The Kier molecular flexibility index (Phi) is 6.24. The van der Waals surface area contributed by atoms with Crippen LogP contribution >= 0.6 is 0 Å². The Morgan fingerprint density at radius 1 is 1.38 bits per heavy atom. The number of carbonyl (C=O) groups is 1. The highest BCUT2D eigenvalue weighted by molar-refractivity contribution is 5.96. The number of hydrogen-bond acceptors (Lipinski definition) is 4. The summed E-state index contributed by atoms with van der Waals surface area (Å²) in [7, 11) is 0. The normalized spacial score (nSPS) is 23.4. The molecule has 0 bridgehead atoms. The lowest BCUT2D eigenvalue weighted by atomic mass is 9.84. The predicted octanol–water partition coefficient (Wildman–Crippen LogP) is 4.47. The van der Waals surface area contributed by atoms with Crippen molar-refractivity contribution in [1.29, 1.82) is 0 Å². The van der Waals surface area contributed by atoms with E-state index in [0.29, 0.717) is 6.42 Å². The molecule has 0 radical (unpaired) electrons. The van der Waals surface area contributed by atoms with Gasteiger partial charge in [-0.05, 0) is 26.7 Å². The van der Waals surface area contributed by atoms with Crippen LogP contribution < -0.4 is 0 Å². The first-order chi connectivity index (χ1) is 9.69. The molecule has 0 aliphatic carbocycles. The van der Waals surface area contributed by atoms with Gasteiger partial charge in [-0.3, -0.25) is 0 Å². The molecule has 122 valence electrons. The Bertz CT molecular complexity index is 384. The molecule has 0 aromatic rings. The highest BCUT2D eigenvalue weighted by Crippen LogP contribution is 2.33. The summed E-state index contributed by atoms with van der Waals surface area (Å²) < 4.78 is 5.54. The van der Waals surface area contributed by atoms with Crippen LogP contribution in [0.5, 0.6) is 0 Å². The zero-order valence-electron chi connectivity index (χ0n) is 14.5. The lowest BCUT2D eigenvalue weighted by Crippen LogP contribution is -2.40. The second-order valence-corrected chi connectivity index (χ2v) is 7.35. The van der Waals surface area contributed by atoms with Crippen molar-refractivity contribution in [2.24, 2.45) is 10.6 Å². The number of ether oxygens (including phenoxy) is 1. The van der Waals surface area contributed by atoms with Gasteiger partial charge in [-0.25, -0.2) is 4.79 Å². The van der Waals surface area contributed by atoms with Crippen molar-refractivity contribution in [3.05, 3.63) is 0 Å². The smallest absolute Gasteiger partial charge is 0.353 e. The average Bonchev–Trinajstić information content (AvgIpc) is 2.79. The third-order valence-electron chi connectivity index (χ3n) is 3.93. The van der Waals surface area contributed by atoms with Gasteiger partial charge in [0.25, 0.3) is 0 Å². The van der Waals surface area contributed by atoms with Crippen LogP contribution in [0.15, 0.2) is 5.16 Å². The van der Waals surface area contributed by atoms with Gasteiger partial charge < -0.3 is 9.57 Å². The van der Waals surface area contributed by atoms with Gasteiger partial charge in [0.2, 0.25) is 5.60 Å². The first kappa shape index (κ1) is 18.0. The van der Waals surface area contributed by atoms with Crippen LogP contribution in [0, 0.1) is 5.41 Å². The third-order valence-corrected chi connectivity index (χ3v) is 3.93. The van der Waals surface area contributed by atoms with Crippen molar-refractivity contribution >= 4 is 11.7 Å². The van der Waals surface area contributed by atoms with E-state index in [-0.39, 0.29) is 17.5 Å². The predicted molar refractivity (Wildman–Crippen MR) is 85.3 cm³/mol. The number of nitrogens with zero attached hydrogens (tertiary/aromatic N) is 1. The van der Waals surface area contributed by atoms with Crippen molar-refractivity contribution in [3.8, 4) is 0 Å². The van der Waals surface area contributed by atoms with Crippen molar-refractivity contribution in [3.63, 3.8) is 0 Å². The van der Waals surface area contributed by atoms with Gasteiger partial charge in [0.1, 0.15) is 0 Å². The van der Waals surface area contributed by atoms with Crippen molar-refractivity contribution in [1.82, 2.24) is 0 Å². The van der Waals surface area contributed by atoms with Crippen LogP contribution in [0.2, 0.25) is 0 Å². The molecule has 1 rings (SSSR count). The van der Waals surface area contributed by atoms with E-state index in [2.05, 4.69) is 32.9 Å². The molecule has 0 N–H and O–H groups in total. The first-order valence-electron chi connectivity index (χ1n) is 8.15. The zero-order valence-corrected chi connectivity index (χ0v) is 14.5. The maximum Gasteiger partial charge on any atom is 0.353 e. The quantitative estimate of drug-likeness (QED) is 0.514. The Hall–Kier alpha value is -1.06. The van der Waals surface area contributed by atoms with E-state index in [1.54, 1.807) is 6.92 Å². The van der Waals surface area contributed by atoms with Crippen LogP contribution in [0.3, 0.4) is 0 Å². The van der Waals surface area contributed by atoms with Crippen LogP contribution in [0.4, 0.5) is 0 Å². The molecular weight excluding hydrogens is 266 g/mol. The molecule has 0 aromatic heterocycles. The second kappa shape index (κ2) is 7.28. The summed E-state index contributed by atoms with van der Waals surface area (Å²) in [6.45, 7) is 12.1. The monoisotopic (exact) mass is 297 g/mol. The van der Waals surface area contributed by atoms with E-state index < -0.39 is 5.60 Å². The van der Waals surface area contributed by atoms with Crippen LogP contribution in [0.25, 0.3) is 0 Å². The second-order valence-electron chi connectivity index (χ2n) is 7.35. The molecular formula is C17H31NO3. The molecule has 1 heterocycles. The zero-order chi connectivity index (χ0) is 16.1. The number of rotatable bonds is 7. The molecule has 4 heteroatoms. The minimum Gasteiger partial charge on any atom is -0.460 e. The van der Waals surface area contributed by atoms with Crippen LogP contribution in [-0.4, -0.2) is 23.4 Å². The summed E-state index contributed by atoms with van der Waals surface area (Å²) in [5, 5.41) is 4.09. The Labute approximate surface area is 129 Å². The van der Waals surface area contributed by atoms with Crippen LogP contribution in [0.1, 0.15) is 80.1 Å². The van der Waals surface area contributed by atoms with E-state index in [1.807, 2.05) is 6.92 Å². The van der Waals surface area contributed by atoms with Gasteiger partial charge in [0.15, 0.2) is 0 Å². The minimum atomic E-state index is -0.958. The maximum atomic E-state index is 12.3. The van der Waals surface area contributed by atoms with Crippen molar-refractivity contribution in [2.45, 2.75) is 91.8 Å². The number of oxime groups is 1. The van der Waals surface area contributed by atoms with Gasteiger partial charge in [0.05, 0.1) is 11.8 Å². The minimum absolute atomic E-state index is 0.0616. The third kappa shape index (κ3) is 5.33. The van der Waals surface area contributed by atoms with Gasteiger partial charge in [-0.1, -0.05) is 52.1 Å². The largest absolute Gasteiger partial charge is 0.460 e. The molecule has 0 spiro atoms. The van der Waals surface area contributed by atoms with E-state index >= 15 is 0 Å². The summed E-state index contributed by atoms with van der Waals surface area (Å²) in [6, 6.07) is 0. The van der Waals surface area contributed by atoms with Gasteiger partial charge in [0, 0.05) is 11.8 Å². The number of hydrogen-bond donors (Lipinski definition) is 0. The molecule has 2 atom stereocenters. The SMILES string of the molecule is CCCCCCC(C)OC(=O)C1(C)CC(C(C)(C)C)=NO1. The number of carbonyl (C=O) groups excluding carboxylic acids is 1. The first-order valence-corrected chi connectivity index (χ1v) is 8.15. The van der Waals surface area contributed by atoms with Crippen LogP contribution in [-0.2, 0) is 14.4 Å². The molecule has 0 saturated heterocycles. The summed E-state index contributed by atoms with van der Waals surface area (Å²) in [5.74, 6) is -0.298. The average molecular weight is 297 g/mol. The highest BCUT2D eigenvalue weighted by atomic mass is 16.7. The molecule has 4 nitrogen and oxygen atoms in total. The lowest BCUT2D eigenvalue weighted by Gasteiger charge is -2.23. The van der Waals surface area contributed by atoms with Gasteiger partial charge >= 0.3 is 5.97 Å². The Morgan fingerprint density at radius 2 is 2.05 bits per heavy atom. The molecule has 2 unspecified atom stereocenters. The fourth-order valence-electron chi connectivity index (χ4n) is 2.28. The summed E-state index contributed by atoms with van der Waals surface area (Å²) in [6.07, 6.45) is 6.12. The maximum absolute atomic E-state index is 12.3. The van der Waals surface area contributed by atoms with Crippen molar-refractivity contribution in [2.75, 3.05) is 0 Å². The summed E-state index contributed by atoms with van der Waals surface area (Å²) in [5.41, 5.74) is -0.123. The van der Waals surface area contributed by atoms with E-state index in [9.17, 15) is 4.79 Å². The van der Waals surface area contributed by atoms with Crippen molar-refractivity contribution < 1.29 is 14.4 Å². The molecule has 0 amide bonds. The number of unbranched alkanes of at least 4 members (excludes halogenated alkanes) is 3. The van der Waals surface area contributed by atoms with Gasteiger partial charge in [-0.15, -0.1) is 0 Å². The van der Waals surface area contributed by atoms with E-state index in [0.717, 1.165) is 18.6 Å². The Balaban J connectivity index is 2.42. The molecule has 1 aliphatic rings. The van der Waals surface area contributed by atoms with E-state index in [1.165, 1.54) is 19.3 Å². The molecule has 0 fully saturated rings. The van der Waals surface area contributed by atoms with E-state index in [4.69, 9.17) is 9.57 Å². The summed E-state index contributed by atoms with van der Waals surface area (Å²) >= 11 is 0. The van der Waals surface area contributed by atoms with Gasteiger partial charge in [-0.2, -0.15) is 0 Å². The number of esters is 1.